The molecule has 2 fully saturated rings. The molecule has 0 amide bonds. The lowest BCUT2D eigenvalue weighted by atomic mass is 9.77. The van der Waals surface area contributed by atoms with Gasteiger partial charge in [0.25, 0.3) is 0 Å². The molecule has 2 rings (SSSR count). The van der Waals surface area contributed by atoms with Gasteiger partial charge in [-0.25, -0.2) is 0 Å². The Hall–Kier alpha value is -0.500. The van der Waals surface area contributed by atoms with Crippen LogP contribution in [0.15, 0.2) is 12.3 Å². The van der Waals surface area contributed by atoms with Crippen LogP contribution in [0.4, 0.5) is 0 Å². The van der Waals surface area contributed by atoms with Gasteiger partial charge in [0.2, 0.25) is 0 Å². The first-order valence-corrected chi connectivity index (χ1v) is 4.70. The maximum absolute atomic E-state index is 5.27. The Kier molecular flexibility index (Phi) is 1.87. The van der Waals surface area contributed by atoms with Crippen molar-refractivity contribution >= 4 is 0 Å². The first-order valence-electron chi connectivity index (χ1n) is 4.70. The average molecular weight is 167 g/mol. The van der Waals surface area contributed by atoms with E-state index in [2.05, 4.69) is 18.4 Å². The van der Waals surface area contributed by atoms with E-state index in [0.717, 1.165) is 13.2 Å². The van der Waals surface area contributed by atoms with E-state index in [-0.39, 0.29) is 0 Å². The molecule has 12 heavy (non-hydrogen) atoms. The second-order valence-electron chi connectivity index (χ2n) is 4.22. The predicted octanol–water partition coefficient (Wildman–Crippen LogP) is 1.63. The summed E-state index contributed by atoms with van der Waals surface area (Å²) < 4.78 is 5.27. The summed E-state index contributed by atoms with van der Waals surface area (Å²) in [4.78, 5) is 2.38. The lowest BCUT2D eigenvalue weighted by Gasteiger charge is -2.47. The van der Waals surface area contributed by atoms with Gasteiger partial charge in [0, 0.05) is 24.2 Å². The number of rotatable bonds is 1. The van der Waals surface area contributed by atoms with E-state index in [4.69, 9.17) is 4.74 Å². The van der Waals surface area contributed by atoms with Crippen LogP contribution in [-0.2, 0) is 4.74 Å². The van der Waals surface area contributed by atoms with E-state index >= 15 is 0 Å². The maximum Gasteiger partial charge on any atom is 0.0546 e. The molecule has 68 valence electrons. The summed E-state index contributed by atoms with van der Waals surface area (Å²) in [5.74, 6) is 0. The van der Waals surface area contributed by atoms with Gasteiger partial charge in [0.15, 0.2) is 0 Å². The summed E-state index contributed by atoms with van der Waals surface area (Å²) >= 11 is 0. The zero-order chi connectivity index (χ0) is 8.60. The largest absolute Gasteiger partial charge is 0.380 e. The van der Waals surface area contributed by atoms with Gasteiger partial charge in [-0.3, -0.25) is 0 Å². The predicted molar refractivity (Wildman–Crippen MR) is 48.9 cm³/mol. The molecule has 0 aromatic heterocycles. The topological polar surface area (TPSA) is 12.5 Å². The highest BCUT2D eigenvalue weighted by Crippen LogP contribution is 2.38. The van der Waals surface area contributed by atoms with Crippen molar-refractivity contribution in [2.75, 3.05) is 26.3 Å². The summed E-state index contributed by atoms with van der Waals surface area (Å²) in [7, 11) is 0. The molecule has 0 aromatic carbocycles. The fraction of sp³-hybridized carbons (Fsp3) is 0.800. The van der Waals surface area contributed by atoms with Crippen LogP contribution in [0.1, 0.15) is 19.8 Å². The van der Waals surface area contributed by atoms with Crippen molar-refractivity contribution in [2.24, 2.45) is 5.41 Å². The van der Waals surface area contributed by atoms with E-state index in [1.807, 2.05) is 0 Å². The highest BCUT2D eigenvalue weighted by atomic mass is 16.5. The van der Waals surface area contributed by atoms with Crippen LogP contribution in [0.2, 0.25) is 0 Å². The van der Waals surface area contributed by atoms with Crippen LogP contribution in [0.25, 0.3) is 0 Å². The van der Waals surface area contributed by atoms with Gasteiger partial charge < -0.3 is 9.64 Å². The van der Waals surface area contributed by atoms with Crippen molar-refractivity contribution in [3.63, 3.8) is 0 Å². The van der Waals surface area contributed by atoms with Crippen molar-refractivity contribution in [3.8, 4) is 0 Å². The summed E-state index contributed by atoms with van der Waals surface area (Å²) in [5.41, 5.74) is 1.77. The van der Waals surface area contributed by atoms with E-state index in [9.17, 15) is 0 Å². The van der Waals surface area contributed by atoms with E-state index < -0.39 is 0 Å². The smallest absolute Gasteiger partial charge is 0.0546 e. The normalized spacial score (nSPS) is 26.9. The summed E-state index contributed by atoms with van der Waals surface area (Å²) in [6.45, 7) is 10.4. The molecule has 2 nitrogen and oxygen atoms in total. The Balaban J connectivity index is 1.88. The number of ether oxygens (including phenoxy) is 1. The molecule has 0 unspecified atom stereocenters. The molecule has 0 atom stereocenters. The molecule has 0 N–H and O–H groups in total. The van der Waals surface area contributed by atoms with Gasteiger partial charge in [0.1, 0.15) is 0 Å². The third kappa shape index (κ3) is 1.24. The standard InChI is InChI=1S/C10H17NO/c1-9(2)11-5-3-10(4-6-11)7-12-8-10/h1,3-8H2,2H3. The summed E-state index contributed by atoms with van der Waals surface area (Å²) in [5, 5.41) is 0. The Morgan fingerprint density at radius 3 is 2.25 bits per heavy atom. The number of allylic oxidation sites excluding steroid dienone is 1. The molecule has 2 aliphatic rings. The fourth-order valence-corrected chi connectivity index (χ4v) is 2.04. The number of hydrogen-bond donors (Lipinski definition) is 0. The molecular formula is C10H17NO. The molecule has 0 aromatic rings. The zero-order valence-corrected chi connectivity index (χ0v) is 7.81. The molecule has 0 saturated carbocycles. The molecule has 0 radical (unpaired) electrons. The summed E-state index contributed by atoms with van der Waals surface area (Å²) in [6, 6.07) is 0. The average Bonchev–Trinajstić information content (AvgIpc) is 2.02. The molecule has 2 heteroatoms. The van der Waals surface area contributed by atoms with Crippen LogP contribution < -0.4 is 0 Å². The highest BCUT2D eigenvalue weighted by molar-refractivity contribution is 4.97. The Bertz CT molecular complexity index is 186. The minimum atomic E-state index is 0.561. The third-order valence-electron chi connectivity index (χ3n) is 3.18. The quantitative estimate of drug-likeness (QED) is 0.588. The lowest BCUT2D eigenvalue weighted by molar-refractivity contribution is -0.137. The first kappa shape index (κ1) is 8.11. The van der Waals surface area contributed by atoms with Gasteiger partial charge >= 0.3 is 0 Å². The van der Waals surface area contributed by atoms with Crippen LogP contribution >= 0.6 is 0 Å². The molecule has 0 bridgehead atoms. The van der Waals surface area contributed by atoms with E-state index in [0.29, 0.717) is 5.41 Å². The monoisotopic (exact) mass is 167 g/mol. The van der Waals surface area contributed by atoms with Crippen LogP contribution in [0.3, 0.4) is 0 Å². The van der Waals surface area contributed by atoms with Gasteiger partial charge in [-0.2, -0.15) is 0 Å². The minimum absolute atomic E-state index is 0.561. The van der Waals surface area contributed by atoms with Gasteiger partial charge in [-0.05, 0) is 19.8 Å². The van der Waals surface area contributed by atoms with Gasteiger partial charge in [0.05, 0.1) is 13.2 Å². The minimum Gasteiger partial charge on any atom is -0.380 e. The Morgan fingerprint density at radius 1 is 1.33 bits per heavy atom. The SMILES string of the molecule is C=C(C)N1CCC2(CC1)COC2. The fourth-order valence-electron chi connectivity index (χ4n) is 2.04. The van der Waals surface area contributed by atoms with E-state index in [1.165, 1.54) is 31.6 Å². The number of piperidine rings is 1. The van der Waals surface area contributed by atoms with Crippen LogP contribution in [0.5, 0.6) is 0 Å². The third-order valence-corrected chi connectivity index (χ3v) is 3.18. The summed E-state index contributed by atoms with van der Waals surface area (Å²) in [6.07, 6.45) is 2.58. The molecule has 2 saturated heterocycles. The van der Waals surface area contributed by atoms with Crippen molar-refractivity contribution in [1.82, 2.24) is 4.90 Å². The van der Waals surface area contributed by atoms with Crippen LogP contribution in [0, 0.1) is 5.41 Å². The second kappa shape index (κ2) is 2.77. The Morgan fingerprint density at radius 2 is 1.92 bits per heavy atom. The van der Waals surface area contributed by atoms with Gasteiger partial charge in [-0.1, -0.05) is 6.58 Å². The number of likely N-dealkylation sites (tertiary alicyclic amines) is 1. The lowest BCUT2D eigenvalue weighted by Crippen LogP contribution is -2.50. The molecule has 0 aliphatic carbocycles. The zero-order valence-electron chi connectivity index (χ0n) is 7.81. The van der Waals surface area contributed by atoms with E-state index in [1.54, 1.807) is 0 Å². The van der Waals surface area contributed by atoms with Crippen LogP contribution in [-0.4, -0.2) is 31.2 Å². The van der Waals surface area contributed by atoms with Crippen molar-refractivity contribution in [1.29, 1.82) is 0 Å². The second-order valence-corrected chi connectivity index (χ2v) is 4.22. The van der Waals surface area contributed by atoms with Crippen molar-refractivity contribution in [2.45, 2.75) is 19.8 Å². The molecule has 2 aliphatic heterocycles. The number of hydrogen-bond acceptors (Lipinski definition) is 2. The number of nitrogens with zero attached hydrogens (tertiary/aromatic N) is 1. The molecule has 1 spiro atoms. The molecular weight excluding hydrogens is 150 g/mol. The van der Waals surface area contributed by atoms with Crippen molar-refractivity contribution < 1.29 is 4.74 Å². The van der Waals surface area contributed by atoms with Gasteiger partial charge in [-0.15, -0.1) is 0 Å². The first-order chi connectivity index (χ1) is 5.72. The highest BCUT2D eigenvalue weighted by Gasteiger charge is 2.40. The molecule has 2 heterocycles. The Labute approximate surface area is 74.2 Å². The van der Waals surface area contributed by atoms with Crippen molar-refractivity contribution in [3.05, 3.63) is 12.3 Å². The maximum atomic E-state index is 5.27.